The summed E-state index contributed by atoms with van der Waals surface area (Å²) in [4.78, 5) is 6.66. The SMILES string of the molecule is CN1CCCC(Cn2c(N)nc3cc(Br)c(F)cc32)C1. The smallest absolute Gasteiger partial charge is 0.201 e. The van der Waals surface area contributed by atoms with Crippen LogP contribution in [0.15, 0.2) is 16.6 Å². The van der Waals surface area contributed by atoms with E-state index < -0.39 is 0 Å². The van der Waals surface area contributed by atoms with Crippen molar-refractivity contribution in [3.63, 3.8) is 0 Å². The molecule has 20 heavy (non-hydrogen) atoms. The summed E-state index contributed by atoms with van der Waals surface area (Å²) < 4.78 is 16.1. The molecule has 1 atom stereocenters. The van der Waals surface area contributed by atoms with Crippen LogP contribution >= 0.6 is 15.9 Å². The monoisotopic (exact) mass is 340 g/mol. The molecule has 1 fully saturated rings. The van der Waals surface area contributed by atoms with Gasteiger partial charge < -0.3 is 15.2 Å². The van der Waals surface area contributed by atoms with Crippen LogP contribution in [0.2, 0.25) is 0 Å². The molecular weight excluding hydrogens is 323 g/mol. The Balaban J connectivity index is 1.94. The predicted molar refractivity (Wildman–Crippen MR) is 82.0 cm³/mol. The van der Waals surface area contributed by atoms with E-state index in [2.05, 4.69) is 32.9 Å². The van der Waals surface area contributed by atoms with Crippen molar-refractivity contribution in [2.45, 2.75) is 19.4 Å². The average Bonchev–Trinajstić information content (AvgIpc) is 2.67. The molecule has 0 aliphatic carbocycles. The quantitative estimate of drug-likeness (QED) is 0.914. The number of aromatic nitrogens is 2. The summed E-state index contributed by atoms with van der Waals surface area (Å²) in [6, 6.07) is 3.19. The van der Waals surface area contributed by atoms with E-state index in [1.807, 2.05) is 4.57 Å². The van der Waals surface area contributed by atoms with Crippen LogP contribution in [0, 0.1) is 11.7 Å². The van der Waals surface area contributed by atoms with E-state index in [4.69, 9.17) is 5.73 Å². The van der Waals surface area contributed by atoms with Gasteiger partial charge in [-0.1, -0.05) is 0 Å². The Morgan fingerprint density at radius 2 is 2.30 bits per heavy atom. The molecule has 4 nitrogen and oxygen atoms in total. The van der Waals surface area contributed by atoms with E-state index in [-0.39, 0.29) is 5.82 Å². The molecule has 1 aliphatic rings. The van der Waals surface area contributed by atoms with Crippen LogP contribution in [0.25, 0.3) is 11.0 Å². The van der Waals surface area contributed by atoms with Gasteiger partial charge in [-0.25, -0.2) is 9.37 Å². The van der Waals surface area contributed by atoms with E-state index in [1.54, 1.807) is 6.07 Å². The van der Waals surface area contributed by atoms with E-state index in [9.17, 15) is 4.39 Å². The highest BCUT2D eigenvalue weighted by molar-refractivity contribution is 9.10. The van der Waals surface area contributed by atoms with Crippen molar-refractivity contribution in [1.82, 2.24) is 14.5 Å². The Labute approximate surface area is 125 Å². The molecule has 1 unspecified atom stereocenters. The molecule has 1 aromatic carbocycles. The van der Waals surface area contributed by atoms with Crippen LogP contribution in [-0.4, -0.2) is 34.6 Å². The van der Waals surface area contributed by atoms with Gasteiger partial charge in [-0.3, -0.25) is 0 Å². The number of rotatable bonds is 2. The summed E-state index contributed by atoms with van der Waals surface area (Å²) >= 11 is 3.18. The molecule has 2 N–H and O–H groups in total. The van der Waals surface area contributed by atoms with Crippen LogP contribution in [0.5, 0.6) is 0 Å². The van der Waals surface area contributed by atoms with Crippen molar-refractivity contribution in [3.05, 3.63) is 22.4 Å². The molecule has 2 aromatic rings. The van der Waals surface area contributed by atoms with E-state index >= 15 is 0 Å². The fourth-order valence-corrected chi connectivity index (χ4v) is 3.34. The summed E-state index contributed by atoms with van der Waals surface area (Å²) in [5.41, 5.74) is 7.52. The number of fused-ring (bicyclic) bond motifs is 1. The molecule has 1 saturated heterocycles. The number of hydrogen-bond donors (Lipinski definition) is 1. The van der Waals surface area contributed by atoms with Crippen molar-refractivity contribution in [1.29, 1.82) is 0 Å². The van der Waals surface area contributed by atoms with Gasteiger partial charge in [-0.05, 0) is 54.3 Å². The van der Waals surface area contributed by atoms with Crippen molar-refractivity contribution in [3.8, 4) is 0 Å². The summed E-state index contributed by atoms with van der Waals surface area (Å²) in [6.45, 7) is 3.00. The molecule has 0 saturated carbocycles. The second-order valence-electron chi connectivity index (χ2n) is 5.61. The zero-order valence-electron chi connectivity index (χ0n) is 11.4. The summed E-state index contributed by atoms with van der Waals surface area (Å²) in [6.07, 6.45) is 2.38. The molecule has 1 aromatic heterocycles. The van der Waals surface area contributed by atoms with Gasteiger partial charge in [0, 0.05) is 19.2 Å². The number of nitrogens with two attached hydrogens (primary N) is 1. The van der Waals surface area contributed by atoms with Gasteiger partial charge in [0.1, 0.15) is 5.82 Å². The van der Waals surface area contributed by atoms with Gasteiger partial charge >= 0.3 is 0 Å². The lowest BCUT2D eigenvalue weighted by Gasteiger charge is -2.30. The Morgan fingerprint density at radius 1 is 1.50 bits per heavy atom. The molecule has 3 rings (SSSR count). The van der Waals surface area contributed by atoms with Gasteiger partial charge in [0.2, 0.25) is 5.95 Å². The summed E-state index contributed by atoms with van der Waals surface area (Å²) in [5.74, 6) is 0.727. The Bertz CT molecular complexity index is 640. The second-order valence-corrected chi connectivity index (χ2v) is 6.46. The normalized spacial score (nSPS) is 20.6. The molecule has 108 valence electrons. The van der Waals surface area contributed by atoms with Gasteiger partial charge in [0.25, 0.3) is 0 Å². The van der Waals surface area contributed by atoms with Crippen molar-refractivity contribution in [2.75, 3.05) is 25.9 Å². The van der Waals surface area contributed by atoms with Crippen molar-refractivity contribution >= 4 is 32.9 Å². The van der Waals surface area contributed by atoms with E-state index in [0.29, 0.717) is 16.3 Å². The van der Waals surface area contributed by atoms with Crippen LogP contribution in [0.1, 0.15) is 12.8 Å². The van der Waals surface area contributed by atoms with Gasteiger partial charge in [0.15, 0.2) is 0 Å². The number of nitrogen functional groups attached to an aromatic ring is 1. The van der Waals surface area contributed by atoms with Gasteiger partial charge in [-0.15, -0.1) is 0 Å². The van der Waals surface area contributed by atoms with Crippen molar-refractivity contribution < 1.29 is 4.39 Å². The number of anilines is 1. The molecule has 6 heteroatoms. The summed E-state index contributed by atoms with van der Waals surface area (Å²) in [5, 5.41) is 0. The summed E-state index contributed by atoms with van der Waals surface area (Å²) in [7, 11) is 2.14. The zero-order chi connectivity index (χ0) is 14.3. The molecule has 1 aliphatic heterocycles. The fraction of sp³-hybridized carbons (Fsp3) is 0.500. The fourth-order valence-electron chi connectivity index (χ4n) is 3.01. The third kappa shape index (κ3) is 2.54. The average molecular weight is 341 g/mol. The molecule has 0 radical (unpaired) electrons. The second kappa shape index (κ2) is 5.33. The van der Waals surface area contributed by atoms with Gasteiger partial charge in [0.05, 0.1) is 15.5 Å². The highest BCUT2D eigenvalue weighted by Crippen LogP contribution is 2.27. The lowest BCUT2D eigenvalue weighted by molar-refractivity contribution is 0.196. The minimum absolute atomic E-state index is 0.278. The number of halogens is 2. The standard InChI is InChI=1S/C14H18BrFN4/c1-19-4-2-3-9(7-19)8-20-13-6-11(16)10(15)5-12(13)18-14(20)17/h5-6,9H,2-4,7-8H2,1H3,(H2,17,18). The number of likely N-dealkylation sites (tertiary alicyclic amines) is 1. The maximum atomic E-state index is 13.7. The molecule has 0 bridgehead atoms. The molecule has 0 spiro atoms. The van der Waals surface area contributed by atoms with Crippen molar-refractivity contribution in [2.24, 2.45) is 5.92 Å². The maximum absolute atomic E-state index is 13.7. The Kier molecular flexibility index (Phi) is 3.69. The minimum Gasteiger partial charge on any atom is -0.369 e. The van der Waals surface area contributed by atoms with E-state index in [0.717, 1.165) is 30.7 Å². The van der Waals surface area contributed by atoms with Crippen LogP contribution in [0.3, 0.4) is 0 Å². The Hall–Kier alpha value is -1.14. The molecule has 2 heterocycles. The molecular formula is C14H18BrFN4. The highest BCUT2D eigenvalue weighted by atomic mass is 79.9. The first-order valence-electron chi connectivity index (χ1n) is 6.84. The minimum atomic E-state index is -0.278. The van der Waals surface area contributed by atoms with Crippen LogP contribution in [0.4, 0.5) is 10.3 Å². The first-order valence-corrected chi connectivity index (χ1v) is 7.63. The number of piperidine rings is 1. The topological polar surface area (TPSA) is 47.1 Å². The third-order valence-electron chi connectivity index (χ3n) is 3.98. The number of imidazole rings is 1. The van der Waals surface area contributed by atoms with Gasteiger partial charge in [-0.2, -0.15) is 0 Å². The van der Waals surface area contributed by atoms with Crippen LogP contribution in [-0.2, 0) is 6.54 Å². The number of nitrogens with zero attached hydrogens (tertiary/aromatic N) is 3. The third-order valence-corrected chi connectivity index (χ3v) is 4.59. The molecule has 0 amide bonds. The lowest BCUT2D eigenvalue weighted by Crippen LogP contribution is -2.34. The first kappa shape index (κ1) is 13.8. The number of hydrogen-bond acceptors (Lipinski definition) is 3. The van der Waals surface area contributed by atoms with Crippen LogP contribution < -0.4 is 5.73 Å². The first-order chi connectivity index (χ1) is 9.54. The Morgan fingerprint density at radius 3 is 3.05 bits per heavy atom. The zero-order valence-corrected chi connectivity index (χ0v) is 13.0. The number of benzene rings is 1. The largest absolute Gasteiger partial charge is 0.369 e. The maximum Gasteiger partial charge on any atom is 0.201 e. The lowest BCUT2D eigenvalue weighted by atomic mass is 9.98. The predicted octanol–water partition coefficient (Wildman–Crippen LogP) is 2.86. The van der Waals surface area contributed by atoms with E-state index in [1.165, 1.54) is 18.9 Å². The highest BCUT2D eigenvalue weighted by Gasteiger charge is 2.20.